The standard InChI is InChI=1S/C22H18F6N2O2/c1-11-19(15-8-6-13(21(23,24)25)9-17(15)22(26,27)28)32-20(29-11)30-18-4-2-3-12-5-7-14(31)10-16(12)18/h2-4,6,8-9,14,31H,5,7,10H2,1H3,(H,29,30). The summed E-state index contributed by atoms with van der Waals surface area (Å²) in [6.45, 7) is 1.41. The van der Waals surface area contributed by atoms with Crippen LogP contribution in [-0.2, 0) is 25.2 Å². The molecule has 0 spiro atoms. The first kappa shape index (κ1) is 22.2. The molecule has 1 aliphatic rings. The molecule has 1 aliphatic carbocycles. The van der Waals surface area contributed by atoms with Crippen LogP contribution in [0.1, 0.15) is 34.4 Å². The van der Waals surface area contributed by atoms with E-state index < -0.39 is 35.1 Å². The van der Waals surface area contributed by atoms with Crippen molar-refractivity contribution in [2.45, 2.75) is 44.6 Å². The molecule has 4 nitrogen and oxygen atoms in total. The van der Waals surface area contributed by atoms with E-state index in [0.717, 1.165) is 17.2 Å². The van der Waals surface area contributed by atoms with Gasteiger partial charge in [0.1, 0.15) is 0 Å². The van der Waals surface area contributed by atoms with Gasteiger partial charge in [-0.1, -0.05) is 12.1 Å². The van der Waals surface area contributed by atoms with E-state index in [0.29, 0.717) is 31.0 Å². The number of nitrogens with zero attached hydrogens (tertiary/aromatic N) is 1. The zero-order valence-corrected chi connectivity index (χ0v) is 16.7. The maximum Gasteiger partial charge on any atom is 0.417 e. The van der Waals surface area contributed by atoms with E-state index in [1.165, 1.54) is 6.92 Å². The third-order valence-electron chi connectivity index (χ3n) is 5.39. The molecular formula is C22H18F6N2O2. The van der Waals surface area contributed by atoms with Gasteiger partial charge in [0.05, 0.1) is 22.9 Å². The Hall–Kier alpha value is -3.01. The molecule has 0 fully saturated rings. The second-order valence-corrected chi connectivity index (χ2v) is 7.65. The lowest BCUT2D eigenvalue weighted by atomic mass is 9.88. The van der Waals surface area contributed by atoms with E-state index in [1.54, 1.807) is 12.1 Å². The van der Waals surface area contributed by atoms with Gasteiger partial charge < -0.3 is 14.8 Å². The van der Waals surface area contributed by atoms with Gasteiger partial charge in [-0.2, -0.15) is 31.3 Å². The molecule has 0 saturated carbocycles. The fourth-order valence-corrected chi connectivity index (χ4v) is 3.85. The van der Waals surface area contributed by atoms with Gasteiger partial charge in [-0.15, -0.1) is 0 Å². The van der Waals surface area contributed by atoms with Gasteiger partial charge >= 0.3 is 12.4 Å². The maximum atomic E-state index is 13.5. The third-order valence-corrected chi connectivity index (χ3v) is 5.39. The van der Waals surface area contributed by atoms with Gasteiger partial charge in [0.15, 0.2) is 5.76 Å². The number of nitrogens with one attached hydrogen (secondary N) is 1. The molecule has 1 atom stereocenters. The minimum atomic E-state index is -5.03. The van der Waals surface area contributed by atoms with Crippen LogP contribution in [-0.4, -0.2) is 16.2 Å². The minimum absolute atomic E-state index is 0.0688. The quantitative estimate of drug-likeness (QED) is 0.456. The molecule has 0 amide bonds. The lowest BCUT2D eigenvalue weighted by molar-refractivity contribution is -0.142. The fourth-order valence-electron chi connectivity index (χ4n) is 3.85. The number of rotatable bonds is 3. The van der Waals surface area contributed by atoms with Crippen LogP contribution in [0.2, 0.25) is 0 Å². The summed E-state index contributed by atoms with van der Waals surface area (Å²) in [5, 5.41) is 12.9. The molecule has 1 heterocycles. The first-order chi connectivity index (χ1) is 14.9. The number of aliphatic hydroxyl groups is 1. The van der Waals surface area contributed by atoms with Crippen LogP contribution in [0.15, 0.2) is 40.8 Å². The Labute approximate surface area is 178 Å². The summed E-state index contributed by atoms with van der Waals surface area (Å²) < 4.78 is 85.0. The van der Waals surface area contributed by atoms with Crippen LogP contribution in [0.3, 0.4) is 0 Å². The van der Waals surface area contributed by atoms with E-state index in [4.69, 9.17) is 4.42 Å². The Morgan fingerprint density at radius 1 is 1.06 bits per heavy atom. The first-order valence-corrected chi connectivity index (χ1v) is 9.75. The van der Waals surface area contributed by atoms with Crippen molar-refractivity contribution >= 4 is 11.7 Å². The highest BCUT2D eigenvalue weighted by Crippen LogP contribution is 2.42. The summed E-state index contributed by atoms with van der Waals surface area (Å²) in [5.41, 5.74) is -0.828. The molecule has 1 unspecified atom stereocenters. The second kappa shape index (κ2) is 7.84. The Balaban J connectivity index is 1.73. The van der Waals surface area contributed by atoms with Gasteiger partial charge in [-0.05, 0) is 55.2 Å². The molecule has 10 heteroatoms. The number of hydrogen-bond donors (Lipinski definition) is 2. The number of alkyl halides is 6. The van der Waals surface area contributed by atoms with Crippen molar-refractivity contribution in [1.29, 1.82) is 0 Å². The van der Waals surface area contributed by atoms with Crippen LogP contribution in [0.4, 0.5) is 38.0 Å². The van der Waals surface area contributed by atoms with Crippen molar-refractivity contribution in [1.82, 2.24) is 4.98 Å². The summed E-state index contributed by atoms with van der Waals surface area (Å²) in [6.07, 6.45) is -8.73. The zero-order chi connectivity index (χ0) is 23.3. The van der Waals surface area contributed by atoms with Gasteiger partial charge in [-0.25, -0.2) is 0 Å². The number of aliphatic hydroxyl groups excluding tert-OH is 1. The van der Waals surface area contributed by atoms with Gasteiger partial charge in [0.2, 0.25) is 0 Å². The molecule has 0 aliphatic heterocycles. The summed E-state index contributed by atoms with van der Waals surface area (Å²) in [5.74, 6) is -0.279. The molecular weight excluding hydrogens is 438 g/mol. The van der Waals surface area contributed by atoms with Crippen molar-refractivity contribution in [3.8, 4) is 11.3 Å². The Morgan fingerprint density at radius 2 is 1.81 bits per heavy atom. The number of anilines is 2. The normalized spacial score (nSPS) is 16.7. The van der Waals surface area contributed by atoms with Gasteiger partial charge in [0.25, 0.3) is 6.01 Å². The van der Waals surface area contributed by atoms with Crippen LogP contribution < -0.4 is 5.32 Å². The molecule has 4 rings (SSSR count). The average molecular weight is 456 g/mol. The second-order valence-electron chi connectivity index (χ2n) is 7.65. The van der Waals surface area contributed by atoms with Crippen LogP contribution >= 0.6 is 0 Å². The summed E-state index contributed by atoms with van der Waals surface area (Å²) in [6, 6.07) is 6.75. The fraction of sp³-hybridized carbons (Fsp3) is 0.318. The van der Waals surface area contributed by atoms with E-state index in [1.807, 2.05) is 6.07 Å². The molecule has 32 heavy (non-hydrogen) atoms. The van der Waals surface area contributed by atoms with Gasteiger partial charge in [0, 0.05) is 17.7 Å². The zero-order valence-electron chi connectivity index (χ0n) is 16.7. The van der Waals surface area contributed by atoms with E-state index in [-0.39, 0.29) is 23.5 Å². The van der Waals surface area contributed by atoms with Crippen LogP contribution in [0, 0.1) is 6.92 Å². The minimum Gasteiger partial charge on any atom is -0.423 e. The molecule has 2 N–H and O–H groups in total. The number of fused-ring (bicyclic) bond motifs is 1. The SMILES string of the molecule is Cc1nc(Nc2cccc3c2CC(O)CC3)oc1-c1ccc(C(F)(F)F)cc1C(F)(F)F. The van der Waals surface area contributed by atoms with Crippen molar-refractivity contribution in [3.05, 3.63) is 64.3 Å². The number of aryl methyl sites for hydroxylation is 2. The average Bonchev–Trinajstić information content (AvgIpc) is 3.06. The largest absolute Gasteiger partial charge is 0.423 e. The number of aromatic nitrogens is 1. The highest BCUT2D eigenvalue weighted by atomic mass is 19.4. The molecule has 0 saturated heterocycles. The smallest absolute Gasteiger partial charge is 0.417 e. The predicted octanol–water partition coefficient (Wildman–Crippen LogP) is 6.28. The molecule has 0 bridgehead atoms. The number of halogens is 6. The lowest BCUT2D eigenvalue weighted by Crippen LogP contribution is -2.19. The van der Waals surface area contributed by atoms with Crippen LogP contribution in [0.5, 0.6) is 0 Å². The van der Waals surface area contributed by atoms with E-state index in [2.05, 4.69) is 10.3 Å². The molecule has 170 valence electrons. The highest BCUT2D eigenvalue weighted by molar-refractivity contribution is 5.68. The number of hydrogen-bond acceptors (Lipinski definition) is 4. The molecule has 1 aromatic heterocycles. The monoisotopic (exact) mass is 456 g/mol. The molecule has 2 aromatic carbocycles. The molecule has 3 aromatic rings. The lowest BCUT2D eigenvalue weighted by Gasteiger charge is -2.23. The summed E-state index contributed by atoms with van der Waals surface area (Å²) in [4.78, 5) is 4.11. The highest BCUT2D eigenvalue weighted by Gasteiger charge is 2.39. The Kier molecular flexibility index (Phi) is 5.44. The first-order valence-electron chi connectivity index (χ1n) is 9.75. The van der Waals surface area contributed by atoms with E-state index >= 15 is 0 Å². The number of oxazole rings is 1. The van der Waals surface area contributed by atoms with Crippen molar-refractivity contribution in [2.75, 3.05) is 5.32 Å². The third kappa shape index (κ3) is 4.32. The van der Waals surface area contributed by atoms with E-state index in [9.17, 15) is 31.4 Å². The summed E-state index contributed by atoms with van der Waals surface area (Å²) in [7, 11) is 0. The summed E-state index contributed by atoms with van der Waals surface area (Å²) >= 11 is 0. The van der Waals surface area contributed by atoms with Crippen molar-refractivity contribution < 1.29 is 35.9 Å². The Bertz CT molecular complexity index is 1150. The topological polar surface area (TPSA) is 58.3 Å². The maximum absolute atomic E-state index is 13.5. The van der Waals surface area contributed by atoms with Gasteiger partial charge in [-0.3, -0.25) is 0 Å². The van der Waals surface area contributed by atoms with Crippen molar-refractivity contribution in [3.63, 3.8) is 0 Å². The number of benzene rings is 2. The molecule has 0 radical (unpaired) electrons. The Morgan fingerprint density at radius 3 is 2.50 bits per heavy atom. The van der Waals surface area contributed by atoms with Crippen molar-refractivity contribution in [2.24, 2.45) is 0 Å². The van der Waals surface area contributed by atoms with Crippen LogP contribution in [0.25, 0.3) is 11.3 Å². The predicted molar refractivity (Wildman–Crippen MR) is 104 cm³/mol.